The second-order valence-corrected chi connectivity index (χ2v) is 7.99. The van der Waals surface area contributed by atoms with Gasteiger partial charge in [0.25, 0.3) is 0 Å². The maximum atomic E-state index is 11.0. The predicted molar refractivity (Wildman–Crippen MR) is 99.2 cm³/mol. The van der Waals surface area contributed by atoms with E-state index in [-0.39, 0.29) is 16.0 Å². The van der Waals surface area contributed by atoms with Crippen molar-refractivity contribution >= 4 is 29.3 Å². The monoisotopic (exact) mass is 356 g/mol. The smallest absolute Gasteiger partial charge is 0.337 e. The number of benzene rings is 2. The quantitative estimate of drug-likeness (QED) is 0.712. The Balaban J connectivity index is 1.92. The van der Waals surface area contributed by atoms with Crippen molar-refractivity contribution in [1.29, 1.82) is 0 Å². The normalized spacial score (nSPS) is 15.1. The highest BCUT2D eigenvalue weighted by Gasteiger charge is 2.27. The Hall–Kier alpha value is -1.89. The third kappa shape index (κ3) is 3.45. The van der Waals surface area contributed by atoms with E-state index in [0.717, 1.165) is 17.7 Å². The summed E-state index contributed by atoms with van der Waals surface area (Å²) < 4.78 is 0. The molecule has 0 saturated carbocycles. The van der Waals surface area contributed by atoms with Crippen molar-refractivity contribution in [1.82, 2.24) is 0 Å². The first-order chi connectivity index (χ1) is 11.4. The number of thioether (sulfide) groups is 1. The molecule has 24 heavy (non-hydrogen) atoms. The standard InChI is InChI=1S/C20H17ClO2S/c1-20(2)9-10-24-18-8-6-13(11-16(18)20)3-4-14-5-7-15(19(22)23)17(21)12-14/h5-8,11-12H,9-10H2,1-2H3,(H,22,23). The van der Waals surface area contributed by atoms with Crippen LogP contribution in [0, 0.1) is 11.8 Å². The summed E-state index contributed by atoms with van der Waals surface area (Å²) in [5, 5.41) is 9.21. The summed E-state index contributed by atoms with van der Waals surface area (Å²) in [6.45, 7) is 4.54. The summed E-state index contributed by atoms with van der Waals surface area (Å²) in [5.41, 5.74) is 3.28. The molecule has 0 fully saturated rings. The van der Waals surface area contributed by atoms with Crippen LogP contribution in [-0.4, -0.2) is 16.8 Å². The van der Waals surface area contributed by atoms with Gasteiger partial charge in [-0.05, 0) is 59.6 Å². The molecule has 0 unspecified atom stereocenters. The van der Waals surface area contributed by atoms with Gasteiger partial charge in [-0.1, -0.05) is 37.3 Å². The Morgan fingerprint density at radius 1 is 1.17 bits per heavy atom. The number of carboxylic acid groups (broad SMARTS) is 1. The molecule has 0 spiro atoms. The SMILES string of the molecule is CC1(C)CCSc2ccc(C#Cc3ccc(C(=O)O)c(Cl)c3)cc21. The van der Waals surface area contributed by atoms with E-state index in [4.69, 9.17) is 16.7 Å². The fourth-order valence-corrected chi connectivity index (χ4v) is 4.47. The van der Waals surface area contributed by atoms with Crippen LogP contribution >= 0.6 is 23.4 Å². The summed E-state index contributed by atoms with van der Waals surface area (Å²) in [5.74, 6) is 6.35. The third-order valence-corrected chi connectivity index (χ3v) is 5.63. The molecule has 0 bridgehead atoms. The van der Waals surface area contributed by atoms with E-state index in [1.165, 1.54) is 16.5 Å². The fourth-order valence-electron chi connectivity index (χ4n) is 2.72. The highest BCUT2D eigenvalue weighted by atomic mass is 35.5. The number of fused-ring (bicyclic) bond motifs is 1. The first kappa shape index (κ1) is 17.0. The van der Waals surface area contributed by atoms with Crippen molar-refractivity contribution in [2.24, 2.45) is 0 Å². The van der Waals surface area contributed by atoms with Crippen molar-refractivity contribution in [2.45, 2.75) is 30.6 Å². The van der Waals surface area contributed by atoms with E-state index in [9.17, 15) is 4.79 Å². The maximum absolute atomic E-state index is 11.0. The molecule has 0 aliphatic carbocycles. The van der Waals surface area contributed by atoms with Gasteiger partial charge in [-0.2, -0.15) is 0 Å². The number of halogens is 1. The lowest BCUT2D eigenvalue weighted by molar-refractivity contribution is 0.0697. The molecule has 1 heterocycles. The largest absolute Gasteiger partial charge is 0.478 e. The van der Waals surface area contributed by atoms with Crippen LogP contribution in [0.1, 0.15) is 47.3 Å². The zero-order valence-corrected chi connectivity index (χ0v) is 15.1. The Kier molecular flexibility index (Phi) is 4.62. The lowest BCUT2D eigenvalue weighted by atomic mass is 9.81. The summed E-state index contributed by atoms with van der Waals surface area (Å²) in [4.78, 5) is 12.3. The molecule has 0 radical (unpaired) electrons. The van der Waals surface area contributed by atoms with Gasteiger partial charge in [0.05, 0.1) is 10.6 Å². The molecule has 0 atom stereocenters. The number of carbonyl (C=O) groups is 1. The Labute approximate surface area is 151 Å². The third-order valence-electron chi connectivity index (χ3n) is 4.24. The van der Waals surface area contributed by atoms with Gasteiger partial charge in [-0.15, -0.1) is 11.8 Å². The average Bonchev–Trinajstić information content (AvgIpc) is 2.52. The van der Waals surface area contributed by atoms with Gasteiger partial charge in [0.1, 0.15) is 0 Å². The van der Waals surface area contributed by atoms with E-state index in [2.05, 4.69) is 37.8 Å². The maximum Gasteiger partial charge on any atom is 0.337 e. The van der Waals surface area contributed by atoms with Gasteiger partial charge in [-0.3, -0.25) is 0 Å². The molecule has 2 aromatic rings. The number of rotatable bonds is 1. The molecule has 0 amide bonds. The van der Waals surface area contributed by atoms with Crippen molar-refractivity contribution in [2.75, 3.05) is 5.75 Å². The lowest BCUT2D eigenvalue weighted by Crippen LogP contribution is -2.22. The zero-order chi connectivity index (χ0) is 17.3. The molecule has 1 aliphatic heterocycles. The Bertz CT molecular complexity index is 875. The van der Waals surface area contributed by atoms with Crippen LogP contribution in [0.15, 0.2) is 41.3 Å². The minimum absolute atomic E-state index is 0.0924. The summed E-state index contributed by atoms with van der Waals surface area (Å²) in [6.07, 6.45) is 1.16. The van der Waals surface area contributed by atoms with Crippen LogP contribution < -0.4 is 0 Å². The van der Waals surface area contributed by atoms with Gasteiger partial charge < -0.3 is 5.11 Å². The topological polar surface area (TPSA) is 37.3 Å². The fraction of sp³-hybridized carbons (Fsp3) is 0.250. The van der Waals surface area contributed by atoms with Crippen molar-refractivity contribution < 1.29 is 9.90 Å². The molecular weight excluding hydrogens is 340 g/mol. The van der Waals surface area contributed by atoms with E-state index < -0.39 is 5.97 Å². The lowest BCUT2D eigenvalue weighted by Gasteiger charge is -2.32. The molecule has 2 aromatic carbocycles. The minimum Gasteiger partial charge on any atom is -0.478 e. The highest BCUT2D eigenvalue weighted by molar-refractivity contribution is 7.99. The molecule has 0 saturated heterocycles. The van der Waals surface area contributed by atoms with Gasteiger partial charge >= 0.3 is 5.97 Å². The van der Waals surface area contributed by atoms with Gasteiger partial charge in [0.2, 0.25) is 0 Å². The number of hydrogen-bond acceptors (Lipinski definition) is 2. The Morgan fingerprint density at radius 3 is 2.50 bits per heavy atom. The predicted octanol–water partition coefficient (Wildman–Crippen LogP) is 5.21. The van der Waals surface area contributed by atoms with Crippen molar-refractivity contribution in [3.05, 3.63) is 63.7 Å². The van der Waals surface area contributed by atoms with Crippen LogP contribution in [0.25, 0.3) is 0 Å². The molecule has 2 nitrogen and oxygen atoms in total. The molecule has 1 N–H and O–H groups in total. The van der Waals surface area contributed by atoms with Crippen LogP contribution in [0.3, 0.4) is 0 Å². The number of carboxylic acids is 1. The molecule has 1 aliphatic rings. The van der Waals surface area contributed by atoms with E-state index in [0.29, 0.717) is 5.56 Å². The molecule has 0 aromatic heterocycles. The number of hydrogen-bond donors (Lipinski definition) is 1. The van der Waals surface area contributed by atoms with Crippen LogP contribution in [0.4, 0.5) is 0 Å². The van der Waals surface area contributed by atoms with Crippen molar-refractivity contribution in [3.63, 3.8) is 0 Å². The average molecular weight is 357 g/mol. The first-order valence-corrected chi connectivity index (χ1v) is 9.05. The van der Waals surface area contributed by atoms with E-state index in [1.54, 1.807) is 12.1 Å². The van der Waals surface area contributed by atoms with Gasteiger partial charge in [-0.25, -0.2) is 4.79 Å². The van der Waals surface area contributed by atoms with Crippen LogP contribution in [0.2, 0.25) is 5.02 Å². The van der Waals surface area contributed by atoms with E-state index >= 15 is 0 Å². The summed E-state index contributed by atoms with van der Waals surface area (Å²) in [7, 11) is 0. The van der Waals surface area contributed by atoms with E-state index in [1.807, 2.05) is 17.8 Å². The van der Waals surface area contributed by atoms with Crippen molar-refractivity contribution in [3.8, 4) is 11.8 Å². The van der Waals surface area contributed by atoms with Gasteiger partial charge in [0, 0.05) is 16.0 Å². The van der Waals surface area contributed by atoms with Gasteiger partial charge in [0.15, 0.2) is 0 Å². The number of aromatic carboxylic acids is 1. The Morgan fingerprint density at radius 2 is 1.83 bits per heavy atom. The zero-order valence-electron chi connectivity index (χ0n) is 13.5. The van der Waals surface area contributed by atoms with Crippen LogP contribution in [0.5, 0.6) is 0 Å². The summed E-state index contributed by atoms with van der Waals surface area (Å²) in [6, 6.07) is 11.1. The summed E-state index contributed by atoms with van der Waals surface area (Å²) >= 11 is 7.89. The molecule has 4 heteroatoms. The first-order valence-electron chi connectivity index (χ1n) is 7.69. The minimum atomic E-state index is -1.03. The molecule has 3 rings (SSSR count). The van der Waals surface area contributed by atoms with Crippen LogP contribution in [-0.2, 0) is 5.41 Å². The highest BCUT2D eigenvalue weighted by Crippen LogP contribution is 2.41. The molecular formula is C20H17ClO2S. The molecule has 122 valence electrons. The second-order valence-electron chi connectivity index (χ2n) is 6.44. The second kappa shape index (κ2) is 6.55.